The molecule has 2 aliphatic carbocycles. The highest BCUT2D eigenvalue weighted by atomic mass is 16.5. The van der Waals surface area contributed by atoms with Gasteiger partial charge in [-0.1, -0.05) is 24.5 Å². The van der Waals surface area contributed by atoms with Crippen molar-refractivity contribution in [3.8, 4) is 0 Å². The van der Waals surface area contributed by atoms with E-state index in [2.05, 4.69) is 6.08 Å². The molecule has 0 aromatic carbocycles. The number of hydrogen-bond donors (Lipinski definition) is 1. The highest BCUT2D eigenvalue weighted by molar-refractivity contribution is 5.07. The van der Waals surface area contributed by atoms with E-state index in [0.717, 1.165) is 25.9 Å². The van der Waals surface area contributed by atoms with E-state index >= 15 is 0 Å². The molecule has 1 saturated heterocycles. The van der Waals surface area contributed by atoms with Crippen LogP contribution in [0.1, 0.15) is 70.6 Å². The third kappa shape index (κ3) is 3.22. The van der Waals surface area contributed by atoms with E-state index in [-0.39, 0.29) is 11.7 Å². The van der Waals surface area contributed by atoms with Gasteiger partial charge in [-0.25, -0.2) is 0 Å². The van der Waals surface area contributed by atoms with Crippen LogP contribution < -0.4 is 0 Å². The van der Waals surface area contributed by atoms with Gasteiger partial charge in [0.05, 0.1) is 11.7 Å². The van der Waals surface area contributed by atoms with Crippen molar-refractivity contribution in [1.29, 1.82) is 0 Å². The van der Waals surface area contributed by atoms with Gasteiger partial charge in [0.15, 0.2) is 0 Å². The SMILES string of the molecule is OC(CC1=CCCCC1)C1CCOC2(CCCC2)C1. The Balaban J connectivity index is 1.56. The molecular weight excluding hydrogens is 236 g/mol. The lowest BCUT2D eigenvalue weighted by Gasteiger charge is -2.40. The second kappa shape index (κ2) is 5.97. The minimum Gasteiger partial charge on any atom is -0.393 e. The maximum atomic E-state index is 10.6. The number of rotatable bonds is 3. The monoisotopic (exact) mass is 264 g/mol. The van der Waals surface area contributed by atoms with Crippen molar-refractivity contribution < 1.29 is 9.84 Å². The van der Waals surface area contributed by atoms with Gasteiger partial charge in [-0.05, 0) is 63.7 Å². The minimum atomic E-state index is -0.134. The van der Waals surface area contributed by atoms with E-state index in [1.165, 1.54) is 56.9 Å². The van der Waals surface area contributed by atoms with Crippen molar-refractivity contribution in [1.82, 2.24) is 0 Å². The Morgan fingerprint density at radius 3 is 2.84 bits per heavy atom. The van der Waals surface area contributed by atoms with Crippen molar-refractivity contribution in [2.45, 2.75) is 82.3 Å². The van der Waals surface area contributed by atoms with Crippen LogP contribution in [0.5, 0.6) is 0 Å². The van der Waals surface area contributed by atoms with Gasteiger partial charge in [0.2, 0.25) is 0 Å². The first-order valence-corrected chi connectivity index (χ1v) is 8.27. The first-order valence-electron chi connectivity index (χ1n) is 8.27. The Kier molecular flexibility index (Phi) is 4.28. The number of ether oxygens (including phenoxy) is 1. The van der Waals surface area contributed by atoms with Crippen molar-refractivity contribution in [3.63, 3.8) is 0 Å². The molecule has 3 aliphatic rings. The largest absolute Gasteiger partial charge is 0.393 e. The van der Waals surface area contributed by atoms with E-state index < -0.39 is 0 Å². The van der Waals surface area contributed by atoms with Crippen molar-refractivity contribution >= 4 is 0 Å². The topological polar surface area (TPSA) is 29.5 Å². The Bertz CT molecular complexity index is 328. The molecule has 2 nitrogen and oxygen atoms in total. The molecule has 19 heavy (non-hydrogen) atoms. The van der Waals surface area contributed by atoms with Crippen LogP contribution in [0, 0.1) is 5.92 Å². The van der Waals surface area contributed by atoms with E-state index in [1.807, 2.05) is 0 Å². The van der Waals surface area contributed by atoms with Gasteiger partial charge < -0.3 is 9.84 Å². The minimum absolute atomic E-state index is 0.134. The summed E-state index contributed by atoms with van der Waals surface area (Å²) in [4.78, 5) is 0. The van der Waals surface area contributed by atoms with E-state index in [4.69, 9.17) is 4.74 Å². The summed E-state index contributed by atoms with van der Waals surface area (Å²) in [5.74, 6) is 0.467. The lowest BCUT2D eigenvalue weighted by Crippen LogP contribution is -2.41. The summed E-state index contributed by atoms with van der Waals surface area (Å²) in [6, 6.07) is 0. The maximum absolute atomic E-state index is 10.6. The standard InChI is InChI=1S/C17H28O2/c18-16(12-14-6-2-1-3-7-14)15-8-11-19-17(13-15)9-4-5-10-17/h6,15-16,18H,1-5,7-13H2. The summed E-state index contributed by atoms with van der Waals surface area (Å²) in [6.07, 6.45) is 15.5. The Hall–Kier alpha value is -0.340. The molecule has 2 heteroatoms. The van der Waals surface area contributed by atoms with Gasteiger partial charge in [-0.3, -0.25) is 0 Å². The number of allylic oxidation sites excluding steroid dienone is 1. The Morgan fingerprint density at radius 2 is 2.11 bits per heavy atom. The van der Waals surface area contributed by atoms with Gasteiger partial charge in [-0.15, -0.1) is 0 Å². The van der Waals surface area contributed by atoms with Crippen molar-refractivity contribution in [3.05, 3.63) is 11.6 Å². The van der Waals surface area contributed by atoms with Gasteiger partial charge in [0, 0.05) is 6.61 Å². The second-order valence-electron chi connectivity index (χ2n) is 6.87. The molecule has 1 saturated carbocycles. The molecule has 0 aromatic heterocycles. The molecule has 1 heterocycles. The summed E-state index contributed by atoms with van der Waals surface area (Å²) in [6.45, 7) is 0.862. The van der Waals surface area contributed by atoms with Crippen LogP contribution in [0.3, 0.4) is 0 Å². The van der Waals surface area contributed by atoms with E-state index in [9.17, 15) is 5.11 Å². The van der Waals surface area contributed by atoms with Crippen LogP contribution in [0.4, 0.5) is 0 Å². The Morgan fingerprint density at radius 1 is 1.26 bits per heavy atom. The summed E-state index contributed by atoms with van der Waals surface area (Å²) in [7, 11) is 0. The van der Waals surface area contributed by atoms with Gasteiger partial charge in [0.25, 0.3) is 0 Å². The zero-order valence-electron chi connectivity index (χ0n) is 12.1. The normalized spacial score (nSPS) is 32.3. The molecule has 2 atom stereocenters. The van der Waals surface area contributed by atoms with Crippen LogP contribution >= 0.6 is 0 Å². The number of aliphatic hydroxyl groups is 1. The van der Waals surface area contributed by atoms with Crippen LogP contribution in [0.2, 0.25) is 0 Å². The smallest absolute Gasteiger partial charge is 0.0686 e. The van der Waals surface area contributed by atoms with Crippen LogP contribution in [-0.4, -0.2) is 23.4 Å². The van der Waals surface area contributed by atoms with Crippen molar-refractivity contribution in [2.75, 3.05) is 6.61 Å². The molecule has 0 aromatic rings. The quantitative estimate of drug-likeness (QED) is 0.781. The molecule has 1 N–H and O–H groups in total. The predicted molar refractivity (Wildman–Crippen MR) is 77.0 cm³/mol. The molecule has 1 spiro atoms. The third-order valence-electron chi connectivity index (χ3n) is 5.45. The molecule has 1 aliphatic heterocycles. The number of aliphatic hydroxyl groups excluding tert-OH is 1. The zero-order chi connectivity index (χ0) is 13.1. The van der Waals surface area contributed by atoms with Gasteiger partial charge in [0.1, 0.15) is 0 Å². The molecular formula is C17H28O2. The molecule has 2 unspecified atom stereocenters. The first kappa shape index (κ1) is 13.6. The van der Waals surface area contributed by atoms with Crippen LogP contribution in [-0.2, 0) is 4.74 Å². The third-order valence-corrected chi connectivity index (χ3v) is 5.45. The summed E-state index contributed by atoms with van der Waals surface area (Å²) in [5, 5.41) is 10.6. The highest BCUT2D eigenvalue weighted by Crippen LogP contribution is 2.43. The molecule has 108 valence electrons. The first-order chi connectivity index (χ1) is 9.27. The molecule has 0 radical (unpaired) electrons. The molecule has 2 fully saturated rings. The maximum Gasteiger partial charge on any atom is 0.0686 e. The molecule has 3 rings (SSSR count). The van der Waals surface area contributed by atoms with E-state index in [0.29, 0.717) is 5.92 Å². The summed E-state index contributed by atoms with van der Waals surface area (Å²) >= 11 is 0. The van der Waals surface area contributed by atoms with Gasteiger partial charge in [-0.2, -0.15) is 0 Å². The zero-order valence-corrected chi connectivity index (χ0v) is 12.1. The average Bonchev–Trinajstić information content (AvgIpc) is 2.88. The Labute approximate surface area is 117 Å². The average molecular weight is 264 g/mol. The predicted octanol–water partition coefficient (Wildman–Crippen LogP) is 3.98. The lowest BCUT2D eigenvalue weighted by atomic mass is 9.79. The van der Waals surface area contributed by atoms with Crippen molar-refractivity contribution in [2.24, 2.45) is 5.92 Å². The lowest BCUT2D eigenvalue weighted by molar-refractivity contribution is -0.112. The fourth-order valence-electron chi connectivity index (χ4n) is 4.29. The molecule has 0 amide bonds. The van der Waals surface area contributed by atoms with E-state index in [1.54, 1.807) is 0 Å². The fourth-order valence-corrected chi connectivity index (χ4v) is 4.29. The fraction of sp³-hybridized carbons (Fsp3) is 0.882. The number of hydrogen-bond acceptors (Lipinski definition) is 2. The molecule has 0 bridgehead atoms. The second-order valence-corrected chi connectivity index (χ2v) is 6.87. The van der Waals surface area contributed by atoms with Crippen LogP contribution in [0.15, 0.2) is 11.6 Å². The highest BCUT2D eigenvalue weighted by Gasteiger charge is 2.41. The summed E-state index contributed by atoms with van der Waals surface area (Å²) in [5.41, 5.74) is 1.65. The summed E-state index contributed by atoms with van der Waals surface area (Å²) < 4.78 is 6.07. The van der Waals surface area contributed by atoms with Gasteiger partial charge >= 0.3 is 0 Å². The van der Waals surface area contributed by atoms with Crippen LogP contribution in [0.25, 0.3) is 0 Å².